The second kappa shape index (κ2) is 7.98. The van der Waals surface area contributed by atoms with Crippen LogP contribution in [0.1, 0.15) is 42.0 Å². The topological polar surface area (TPSA) is 0 Å². The van der Waals surface area contributed by atoms with Gasteiger partial charge in [-0.05, 0) is 43.2 Å². The summed E-state index contributed by atoms with van der Waals surface area (Å²) in [6.07, 6.45) is 2.94. The quantitative estimate of drug-likeness (QED) is 0.693. The third kappa shape index (κ3) is 5.21. The van der Waals surface area contributed by atoms with E-state index in [-0.39, 0.29) is 0 Å². The van der Waals surface area contributed by atoms with Gasteiger partial charge in [0.25, 0.3) is 0 Å². The van der Waals surface area contributed by atoms with Crippen molar-refractivity contribution in [3.8, 4) is 23.7 Å². The van der Waals surface area contributed by atoms with Gasteiger partial charge in [0.15, 0.2) is 0 Å². The SMILES string of the molecule is CCCC#CCc1ccc(C#Cc2ccc(C)cc2)cc1. The average Bonchev–Trinajstić information content (AvgIpc) is 2.52. The van der Waals surface area contributed by atoms with Gasteiger partial charge in [-0.2, -0.15) is 0 Å². The van der Waals surface area contributed by atoms with Crippen molar-refractivity contribution in [2.24, 2.45) is 0 Å². The van der Waals surface area contributed by atoms with Crippen LogP contribution in [0.2, 0.25) is 0 Å². The molecule has 0 saturated carbocycles. The molecule has 0 atom stereocenters. The Bertz CT molecular complexity index is 680. The van der Waals surface area contributed by atoms with E-state index in [1.54, 1.807) is 0 Å². The van der Waals surface area contributed by atoms with Gasteiger partial charge in [0.2, 0.25) is 0 Å². The highest BCUT2D eigenvalue weighted by Gasteiger charge is 1.91. The molecule has 0 radical (unpaired) electrons. The van der Waals surface area contributed by atoms with Gasteiger partial charge in [-0.15, -0.1) is 5.92 Å². The van der Waals surface area contributed by atoms with Crippen molar-refractivity contribution >= 4 is 0 Å². The molecular formula is C21H20. The van der Waals surface area contributed by atoms with Crippen LogP contribution in [0.25, 0.3) is 0 Å². The fraction of sp³-hybridized carbons (Fsp3) is 0.238. The van der Waals surface area contributed by atoms with Gasteiger partial charge in [0, 0.05) is 24.0 Å². The van der Waals surface area contributed by atoms with E-state index in [0.717, 1.165) is 30.4 Å². The van der Waals surface area contributed by atoms with Crippen LogP contribution >= 0.6 is 0 Å². The van der Waals surface area contributed by atoms with Gasteiger partial charge < -0.3 is 0 Å². The predicted octanol–water partition coefficient (Wildman–Crippen LogP) is 4.74. The van der Waals surface area contributed by atoms with E-state index in [2.05, 4.69) is 86.1 Å². The Morgan fingerprint density at radius 1 is 0.762 bits per heavy atom. The molecule has 0 aliphatic carbocycles. The smallest absolute Gasteiger partial charge is 0.0340 e. The van der Waals surface area contributed by atoms with Crippen molar-refractivity contribution in [3.05, 3.63) is 70.8 Å². The van der Waals surface area contributed by atoms with Crippen LogP contribution < -0.4 is 0 Å². The summed E-state index contributed by atoms with van der Waals surface area (Å²) in [6, 6.07) is 16.6. The van der Waals surface area contributed by atoms with Crippen LogP contribution in [0.3, 0.4) is 0 Å². The van der Waals surface area contributed by atoms with E-state index in [4.69, 9.17) is 0 Å². The Morgan fingerprint density at radius 3 is 1.90 bits per heavy atom. The van der Waals surface area contributed by atoms with Gasteiger partial charge in [0.1, 0.15) is 0 Å². The first kappa shape index (κ1) is 15.0. The lowest BCUT2D eigenvalue weighted by Gasteiger charge is -1.95. The molecule has 0 heteroatoms. The molecule has 0 amide bonds. The van der Waals surface area contributed by atoms with Gasteiger partial charge >= 0.3 is 0 Å². The molecule has 0 aromatic heterocycles. The van der Waals surface area contributed by atoms with E-state index in [1.165, 1.54) is 11.1 Å². The maximum absolute atomic E-state index is 3.20. The maximum Gasteiger partial charge on any atom is 0.0340 e. The number of hydrogen-bond donors (Lipinski definition) is 0. The zero-order chi connectivity index (χ0) is 14.9. The number of benzene rings is 2. The Labute approximate surface area is 128 Å². The van der Waals surface area contributed by atoms with Crippen molar-refractivity contribution in [2.45, 2.75) is 33.1 Å². The molecule has 0 nitrogen and oxygen atoms in total. The highest BCUT2D eigenvalue weighted by atomic mass is 13.9. The number of hydrogen-bond acceptors (Lipinski definition) is 0. The summed E-state index contributed by atoms with van der Waals surface area (Å²) >= 11 is 0. The zero-order valence-corrected chi connectivity index (χ0v) is 12.7. The molecular weight excluding hydrogens is 252 g/mol. The number of rotatable bonds is 2. The van der Waals surface area contributed by atoms with E-state index >= 15 is 0 Å². The van der Waals surface area contributed by atoms with E-state index in [9.17, 15) is 0 Å². The monoisotopic (exact) mass is 272 g/mol. The normalized spacial score (nSPS) is 9.24. The first-order valence-corrected chi connectivity index (χ1v) is 7.41. The zero-order valence-electron chi connectivity index (χ0n) is 12.7. The minimum Gasteiger partial charge on any atom is -0.103 e. The van der Waals surface area contributed by atoms with Crippen LogP contribution in [0.5, 0.6) is 0 Å². The van der Waals surface area contributed by atoms with Crippen molar-refractivity contribution in [1.29, 1.82) is 0 Å². The molecule has 104 valence electrons. The lowest BCUT2D eigenvalue weighted by molar-refractivity contribution is 0.981. The van der Waals surface area contributed by atoms with Crippen LogP contribution in [-0.4, -0.2) is 0 Å². The number of unbranched alkanes of at least 4 members (excludes halogenated alkanes) is 1. The summed E-state index contributed by atoms with van der Waals surface area (Å²) < 4.78 is 0. The molecule has 0 aliphatic rings. The fourth-order valence-corrected chi connectivity index (χ4v) is 1.87. The van der Waals surface area contributed by atoms with E-state index in [0.29, 0.717) is 0 Å². The molecule has 0 fully saturated rings. The second-order valence-electron chi connectivity index (χ2n) is 5.09. The van der Waals surface area contributed by atoms with Crippen molar-refractivity contribution in [3.63, 3.8) is 0 Å². The molecule has 0 bridgehead atoms. The first-order valence-electron chi connectivity index (χ1n) is 7.41. The van der Waals surface area contributed by atoms with Gasteiger partial charge in [-0.1, -0.05) is 54.5 Å². The standard InChI is InChI=1S/C21H20/c1-3-4-5-6-7-19-12-14-21(15-13-19)17-16-20-10-8-18(2)9-11-20/h8-15H,3-4,7H2,1-2H3. The van der Waals surface area contributed by atoms with Crippen LogP contribution in [0.4, 0.5) is 0 Å². The van der Waals surface area contributed by atoms with Crippen molar-refractivity contribution in [1.82, 2.24) is 0 Å². The molecule has 0 heterocycles. The summed E-state index contributed by atoms with van der Waals surface area (Å²) in [5.41, 5.74) is 4.60. The lowest BCUT2D eigenvalue weighted by atomic mass is 10.1. The van der Waals surface area contributed by atoms with E-state index in [1.807, 2.05) is 0 Å². The Balaban J connectivity index is 2.00. The van der Waals surface area contributed by atoms with Gasteiger partial charge in [-0.3, -0.25) is 0 Å². The second-order valence-corrected chi connectivity index (χ2v) is 5.09. The molecule has 21 heavy (non-hydrogen) atoms. The first-order chi connectivity index (χ1) is 10.3. The molecule has 2 aromatic carbocycles. The molecule has 0 aliphatic heterocycles. The summed E-state index contributed by atoms with van der Waals surface area (Å²) in [5, 5.41) is 0. The molecule has 0 unspecified atom stereocenters. The van der Waals surface area contributed by atoms with Crippen LogP contribution in [0.15, 0.2) is 48.5 Å². The Hall–Kier alpha value is -2.44. The van der Waals surface area contributed by atoms with Gasteiger partial charge in [-0.25, -0.2) is 0 Å². The molecule has 0 saturated heterocycles. The summed E-state index contributed by atoms with van der Waals surface area (Å²) in [7, 11) is 0. The largest absolute Gasteiger partial charge is 0.103 e. The van der Waals surface area contributed by atoms with E-state index < -0.39 is 0 Å². The summed E-state index contributed by atoms with van der Waals surface area (Å²) in [5.74, 6) is 12.8. The average molecular weight is 272 g/mol. The molecule has 2 rings (SSSR count). The van der Waals surface area contributed by atoms with Crippen LogP contribution in [0, 0.1) is 30.6 Å². The minimum atomic E-state index is 0.825. The third-order valence-electron chi connectivity index (χ3n) is 3.15. The third-order valence-corrected chi connectivity index (χ3v) is 3.15. The number of aryl methyl sites for hydroxylation is 1. The molecule has 2 aromatic rings. The van der Waals surface area contributed by atoms with Gasteiger partial charge in [0.05, 0.1) is 0 Å². The predicted molar refractivity (Wildman–Crippen MR) is 90.0 cm³/mol. The summed E-state index contributed by atoms with van der Waals surface area (Å²) in [4.78, 5) is 0. The fourth-order valence-electron chi connectivity index (χ4n) is 1.87. The highest BCUT2D eigenvalue weighted by Crippen LogP contribution is 2.05. The Kier molecular flexibility index (Phi) is 5.69. The van der Waals surface area contributed by atoms with Crippen molar-refractivity contribution in [2.75, 3.05) is 0 Å². The summed E-state index contributed by atoms with van der Waals surface area (Å²) in [6.45, 7) is 4.23. The minimum absolute atomic E-state index is 0.825. The Morgan fingerprint density at radius 2 is 1.33 bits per heavy atom. The van der Waals surface area contributed by atoms with Crippen molar-refractivity contribution < 1.29 is 0 Å². The molecule has 0 N–H and O–H groups in total. The maximum atomic E-state index is 3.20. The highest BCUT2D eigenvalue weighted by molar-refractivity contribution is 5.44. The lowest BCUT2D eigenvalue weighted by Crippen LogP contribution is -1.82. The molecule has 0 spiro atoms. The van der Waals surface area contributed by atoms with Crippen LogP contribution in [-0.2, 0) is 6.42 Å².